The topological polar surface area (TPSA) is 140 Å². The van der Waals surface area contributed by atoms with Crippen molar-refractivity contribution in [3.05, 3.63) is 22.6 Å². The van der Waals surface area contributed by atoms with Gasteiger partial charge in [0.1, 0.15) is 10.7 Å². The molecular weight excluding hydrogens is 338 g/mol. The molecule has 2 rings (SSSR count). The number of pyridine rings is 1. The summed E-state index contributed by atoms with van der Waals surface area (Å²) in [4.78, 5) is 3.66. The van der Waals surface area contributed by atoms with E-state index in [-0.39, 0.29) is 16.5 Å². The second-order valence-electron chi connectivity index (χ2n) is 3.65. The average Bonchev–Trinajstić information content (AvgIpc) is 2.85. The van der Waals surface area contributed by atoms with Crippen LogP contribution < -0.4 is 10.5 Å². The van der Waals surface area contributed by atoms with Crippen molar-refractivity contribution in [2.75, 3.05) is 5.73 Å². The first-order valence-electron chi connectivity index (χ1n) is 5.07. The number of hydrogen-bond acceptors (Lipinski definition) is 7. The molecule has 19 heavy (non-hydrogen) atoms. The van der Waals surface area contributed by atoms with Gasteiger partial charge in [-0.3, -0.25) is 0 Å². The van der Waals surface area contributed by atoms with Gasteiger partial charge in [-0.1, -0.05) is 5.21 Å². The predicted molar refractivity (Wildman–Crippen MR) is 69.3 cm³/mol. The number of rotatable bonds is 4. The minimum atomic E-state index is -3.83. The van der Waals surface area contributed by atoms with Crippen LogP contribution in [0.3, 0.4) is 0 Å². The van der Waals surface area contributed by atoms with Crippen LogP contribution in [-0.4, -0.2) is 34.0 Å². The van der Waals surface area contributed by atoms with E-state index in [0.29, 0.717) is 4.47 Å². The summed E-state index contributed by atoms with van der Waals surface area (Å²) in [5.41, 5.74) is 5.57. The third kappa shape index (κ3) is 3.05. The molecule has 0 aliphatic carbocycles. The van der Waals surface area contributed by atoms with E-state index in [4.69, 9.17) is 5.73 Å². The second kappa shape index (κ2) is 5.19. The summed E-state index contributed by atoms with van der Waals surface area (Å²) in [6.45, 7) is 1.59. The molecule has 0 fully saturated rings. The van der Waals surface area contributed by atoms with Crippen LogP contribution in [0.15, 0.2) is 21.6 Å². The maximum atomic E-state index is 12.2. The molecule has 0 bridgehead atoms. The van der Waals surface area contributed by atoms with Crippen LogP contribution in [0.25, 0.3) is 0 Å². The molecule has 11 heteroatoms. The molecule has 4 N–H and O–H groups in total. The van der Waals surface area contributed by atoms with Gasteiger partial charge in [0.15, 0.2) is 5.82 Å². The fraction of sp³-hybridized carbons (Fsp3) is 0.250. The fourth-order valence-corrected chi connectivity index (χ4v) is 3.14. The Labute approximate surface area is 117 Å². The molecule has 0 aliphatic rings. The molecule has 0 aliphatic heterocycles. The molecule has 2 aromatic heterocycles. The summed E-state index contributed by atoms with van der Waals surface area (Å²) in [5, 5.41) is 13.0. The highest BCUT2D eigenvalue weighted by Crippen LogP contribution is 2.21. The van der Waals surface area contributed by atoms with Crippen LogP contribution >= 0.6 is 15.9 Å². The molecule has 2 aromatic rings. The number of aromatic amines is 1. The first-order valence-corrected chi connectivity index (χ1v) is 7.34. The van der Waals surface area contributed by atoms with Crippen molar-refractivity contribution >= 4 is 31.8 Å². The molecular formula is C8H10BrN7O2S. The highest BCUT2D eigenvalue weighted by molar-refractivity contribution is 9.10. The lowest BCUT2D eigenvalue weighted by molar-refractivity contribution is 0.560. The number of aromatic nitrogens is 5. The molecule has 0 spiro atoms. The van der Waals surface area contributed by atoms with Gasteiger partial charge in [-0.15, -0.1) is 10.2 Å². The number of sulfonamides is 1. The fourth-order valence-electron chi connectivity index (χ4n) is 1.35. The summed E-state index contributed by atoms with van der Waals surface area (Å²) in [6, 6.07) is 0.718. The van der Waals surface area contributed by atoms with E-state index in [1.807, 2.05) is 0 Å². The van der Waals surface area contributed by atoms with Crippen LogP contribution in [0.4, 0.5) is 5.82 Å². The summed E-state index contributed by atoms with van der Waals surface area (Å²) in [7, 11) is -3.83. The van der Waals surface area contributed by atoms with Crippen molar-refractivity contribution in [1.82, 2.24) is 30.3 Å². The SMILES string of the molecule is CC(NS(=O)(=O)c1cc(Br)cnc1N)c1nn[nH]n1. The molecule has 1 atom stereocenters. The molecule has 0 saturated carbocycles. The largest absolute Gasteiger partial charge is 0.383 e. The van der Waals surface area contributed by atoms with Crippen molar-refractivity contribution in [1.29, 1.82) is 0 Å². The average molecular weight is 348 g/mol. The number of tetrazole rings is 1. The number of hydrogen-bond donors (Lipinski definition) is 3. The normalized spacial score (nSPS) is 13.4. The summed E-state index contributed by atoms with van der Waals surface area (Å²) in [6.07, 6.45) is 1.41. The van der Waals surface area contributed by atoms with E-state index in [1.165, 1.54) is 12.3 Å². The number of halogens is 1. The summed E-state index contributed by atoms with van der Waals surface area (Å²) in [5.74, 6) is 0.140. The highest BCUT2D eigenvalue weighted by atomic mass is 79.9. The van der Waals surface area contributed by atoms with E-state index in [9.17, 15) is 8.42 Å². The lowest BCUT2D eigenvalue weighted by Gasteiger charge is -2.12. The van der Waals surface area contributed by atoms with Crippen LogP contribution in [0, 0.1) is 0 Å². The third-order valence-corrected chi connectivity index (χ3v) is 4.22. The van der Waals surface area contributed by atoms with Crippen molar-refractivity contribution in [2.24, 2.45) is 0 Å². The quantitative estimate of drug-likeness (QED) is 0.705. The maximum absolute atomic E-state index is 12.2. The van der Waals surface area contributed by atoms with Crippen molar-refractivity contribution in [2.45, 2.75) is 17.9 Å². The van der Waals surface area contributed by atoms with Crippen LogP contribution in [0.1, 0.15) is 18.8 Å². The van der Waals surface area contributed by atoms with Crippen molar-refractivity contribution in [3.8, 4) is 0 Å². The van der Waals surface area contributed by atoms with Crippen molar-refractivity contribution < 1.29 is 8.42 Å². The highest BCUT2D eigenvalue weighted by Gasteiger charge is 2.23. The van der Waals surface area contributed by atoms with Gasteiger partial charge in [-0.2, -0.15) is 5.21 Å². The van der Waals surface area contributed by atoms with Gasteiger partial charge in [0.2, 0.25) is 10.0 Å². The van der Waals surface area contributed by atoms with Crippen molar-refractivity contribution in [3.63, 3.8) is 0 Å². The Kier molecular flexibility index (Phi) is 3.78. The molecule has 0 aromatic carbocycles. The molecule has 102 valence electrons. The third-order valence-electron chi connectivity index (χ3n) is 2.22. The maximum Gasteiger partial charge on any atom is 0.244 e. The van der Waals surface area contributed by atoms with Crippen LogP contribution in [0.5, 0.6) is 0 Å². The lowest BCUT2D eigenvalue weighted by atomic mass is 10.4. The minimum absolute atomic E-state index is 0.0870. The van der Waals surface area contributed by atoms with Gasteiger partial charge in [0, 0.05) is 10.7 Å². The van der Waals surface area contributed by atoms with Gasteiger partial charge in [0.25, 0.3) is 0 Å². The van der Waals surface area contributed by atoms with E-state index >= 15 is 0 Å². The Morgan fingerprint density at radius 1 is 1.53 bits per heavy atom. The smallest absolute Gasteiger partial charge is 0.244 e. The standard InChI is InChI=1S/C8H10BrN7O2S/c1-4(8-12-15-16-13-8)14-19(17,18)6-2-5(9)3-11-7(6)10/h2-4,14H,1H3,(H2,10,11)(H,12,13,15,16). The van der Waals surface area contributed by atoms with E-state index in [0.717, 1.165) is 0 Å². The number of H-pyrrole nitrogens is 1. The molecule has 0 radical (unpaired) electrons. The zero-order valence-electron chi connectivity index (χ0n) is 9.70. The number of nitrogens with zero attached hydrogens (tertiary/aromatic N) is 4. The zero-order valence-corrected chi connectivity index (χ0v) is 12.1. The number of nitrogen functional groups attached to an aromatic ring is 1. The van der Waals surface area contributed by atoms with Gasteiger partial charge >= 0.3 is 0 Å². The Morgan fingerprint density at radius 2 is 2.26 bits per heavy atom. The van der Waals surface area contributed by atoms with E-state index in [2.05, 4.69) is 46.3 Å². The number of nitrogens with two attached hydrogens (primary N) is 1. The summed E-state index contributed by atoms with van der Waals surface area (Å²) < 4.78 is 27.2. The Morgan fingerprint density at radius 3 is 2.89 bits per heavy atom. The number of anilines is 1. The van der Waals surface area contributed by atoms with E-state index < -0.39 is 16.1 Å². The van der Waals surface area contributed by atoms with Crippen LogP contribution in [-0.2, 0) is 10.0 Å². The first-order chi connectivity index (χ1) is 8.90. The van der Waals surface area contributed by atoms with Gasteiger partial charge in [-0.25, -0.2) is 18.1 Å². The summed E-state index contributed by atoms with van der Waals surface area (Å²) >= 11 is 3.14. The zero-order chi connectivity index (χ0) is 14.0. The van der Waals surface area contributed by atoms with Gasteiger partial charge in [0.05, 0.1) is 6.04 Å². The Hall–Kier alpha value is -1.59. The second-order valence-corrected chi connectivity index (χ2v) is 6.25. The van der Waals surface area contributed by atoms with Crippen LogP contribution in [0.2, 0.25) is 0 Å². The Bertz CT molecular complexity index is 672. The van der Waals surface area contributed by atoms with Gasteiger partial charge in [-0.05, 0) is 28.9 Å². The van der Waals surface area contributed by atoms with E-state index in [1.54, 1.807) is 6.92 Å². The molecule has 9 nitrogen and oxygen atoms in total. The molecule has 0 amide bonds. The Balaban J connectivity index is 2.30. The monoisotopic (exact) mass is 347 g/mol. The molecule has 1 unspecified atom stereocenters. The molecule has 2 heterocycles. The first kappa shape index (κ1) is 13.8. The number of nitrogens with one attached hydrogen (secondary N) is 2. The lowest BCUT2D eigenvalue weighted by Crippen LogP contribution is -2.28. The van der Waals surface area contributed by atoms with Gasteiger partial charge < -0.3 is 5.73 Å². The predicted octanol–water partition coefficient (Wildman–Crippen LogP) is -0.0211. The molecule has 0 saturated heterocycles. The minimum Gasteiger partial charge on any atom is -0.383 e.